The van der Waals surface area contributed by atoms with Crippen molar-refractivity contribution in [2.45, 2.75) is 51.1 Å². The molecule has 2 aromatic carbocycles. The molecule has 0 saturated heterocycles. The van der Waals surface area contributed by atoms with E-state index in [0.717, 1.165) is 21.9 Å². The minimum Gasteiger partial charge on any atom is -0.354 e. The van der Waals surface area contributed by atoms with Crippen LogP contribution in [0.25, 0.3) is 0 Å². The van der Waals surface area contributed by atoms with Gasteiger partial charge in [-0.15, -0.1) is 0 Å². The molecule has 0 aromatic heterocycles. The number of hydrogen-bond donors (Lipinski definition) is 1. The topological polar surface area (TPSA) is 86.8 Å². The lowest BCUT2D eigenvalue weighted by Crippen LogP contribution is -2.51. The molecule has 0 heterocycles. The molecule has 0 fully saturated rings. The highest BCUT2D eigenvalue weighted by atomic mass is 35.5. The summed E-state index contributed by atoms with van der Waals surface area (Å²) in [6, 6.07) is 12.7. The number of nitrogens with zero attached hydrogens (tertiary/aromatic N) is 2. The number of likely N-dealkylation sites (N-methyl/N-ethyl adjacent to an activating group) is 1. The van der Waals surface area contributed by atoms with Crippen molar-refractivity contribution >= 4 is 33.4 Å². The highest BCUT2D eigenvalue weighted by Crippen LogP contribution is 2.19. The Kier molecular flexibility index (Phi) is 9.88. The molecule has 2 aromatic rings. The molecule has 7 nitrogen and oxygen atoms in total. The molecule has 0 radical (unpaired) electrons. The molecular weight excluding hydrogens is 462 g/mol. The number of carbonyl (C=O) groups is 2. The van der Waals surface area contributed by atoms with Crippen LogP contribution in [0.4, 0.5) is 0 Å². The number of nitrogens with one attached hydrogen (secondary N) is 1. The number of halogens is 1. The van der Waals surface area contributed by atoms with Crippen LogP contribution in [0.2, 0.25) is 5.02 Å². The summed E-state index contributed by atoms with van der Waals surface area (Å²) < 4.78 is 26.9. The van der Waals surface area contributed by atoms with Gasteiger partial charge >= 0.3 is 0 Å². The third-order valence-corrected chi connectivity index (χ3v) is 7.32. The maximum absolute atomic E-state index is 13.4. The zero-order valence-corrected chi connectivity index (χ0v) is 21.1. The molecule has 0 bridgehead atoms. The van der Waals surface area contributed by atoms with E-state index in [1.165, 1.54) is 36.2 Å². The lowest BCUT2D eigenvalue weighted by atomic mass is 10.1. The third kappa shape index (κ3) is 7.28. The summed E-state index contributed by atoms with van der Waals surface area (Å²) in [6.07, 6.45) is 1.18. The number of hydrogen-bond acceptors (Lipinski definition) is 4. The van der Waals surface area contributed by atoms with Crippen molar-refractivity contribution in [3.8, 4) is 0 Å². The van der Waals surface area contributed by atoms with Gasteiger partial charge in [0.1, 0.15) is 6.04 Å². The van der Waals surface area contributed by atoms with E-state index in [-0.39, 0.29) is 17.3 Å². The smallest absolute Gasteiger partial charge is 0.243 e. The van der Waals surface area contributed by atoms with Crippen LogP contribution in [0.5, 0.6) is 0 Å². The van der Waals surface area contributed by atoms with Crippen LogP contribution >= 0.6 is 11.6 Å². The molecule has 0 aliphatic carbocycles. The van der Waals surface area contributed by atoms with E-state index >= 15 is 0 Å². The summed E-state index contributed by atoms with van der Waals surface area (Å²) in [5.74, 6) is -0.696. The fraction of sp³-hybridized carbons (Fsp3) is 0.417. The summed E-state index contributed by atoms with van der Waals surface area (Å²) >= 11 is 5.86. The Labute approximate surface area is 201 Å². The number of amides is 2. The second-order valence-corrected chi connectivity index (χ2v) is 10.4. The predicted molar refractivity (Wildman–Crippen MR) is 130 cm³/mol. The Morgan fingerprint density at radius 2 is 1.76 bits per heavy atom. The minimum atomic E-state index is -3.90. The molecule has 2 amide bonds. The summed E-state index contributed by atoms with van der Waals surface area (Å²) in [6.45, 7) is 6.05. The average Bonchev–Trinajstić information content (AvgIpc) is 2.77. The summed E-state index contributed by atoms with van der Waals surface area (Å²) in [7, 11) is -2.55. The Hall–Kier alpha value is -2.42. The number of aryl methyl sites for hydroxylation is 1. The Morgan fingerprint density at radius 1 is 1.09 bits per heavy atom. The first-order valence-electron chi connectivity index (χ1n) is 10.9. The molecule has 9 heteroatoms. The lowest BCUT2D eigenvalue weighted by Gasteiger charge is -2.32. The first kappa shape index (κ1) is 26.8. The Bertz CT molecular complexity index is 1060. The minimum absolute atomic E-state index is 0.0418. The van der Waals surface area contributed by atoms with Gasteiger partial charge in [-0.1, -0.05) is 55.3 Å². The average molecular weight is 494 g/mol. The van der Waals surface area contributed by atoms with E-state index in [1.807, 2.05) is 45.0 Å². The molecule has 0 unspecified atom stereocenters. The molecule has 1 N–H and O–H groups in total. The van der Waals surface area contributed by atoms with Crippen molar-refractivity contribution < 1.29 is 18.0 Å². The van der Waals surface area contributed by atoms with Gasteiger partial charge in [0, 0.05) is 25.2 Å². The van der Waals surface area contributed by atoms with Gasteiger partial charge < -0.3 is 10.2 Å². The first-order valence-corrected chi connectivity index (χ1v) is 12.8. The highest BCUT2D eigenvalue weighted by molar-refractivity contribution is 7.89. The summed E-state index contributed by atoms with van der Waals surface area (Å²) in [4.78, 5) is 27.7. The van der Waals surface area contributed by atoms with Crippen molar-refractivity contribution in [3.05, 3.63) is 64.7 Å². The van der Waals surface area contributed by atoms with Crippen LogP contribution in [0.15, 0.2) is 53.4 Å². The van der Waals surface area contributed by atoms with E-state index in [2.05, 4.69) is 5.32 Å². The van der Waals surface area contributed by atoms with Gasteiger partial charge in [0.25, 0.3) is 0 Å². The fourth-order valence-corrected chi connectivity index (χ4v) is 4.69. The van der Waals surface area contributed by atoms with Crippen LogP contribution < -0.4 is 5.32 Å². The van der Waals surface area contributed by atoms with Crippen molar-refractivity contribution in [2.75, 3.05) is 20.1 Å². The quantitative estimate of drug-likeness (QED) is 0.518. The van der Waals surface area contributed by atoms with E-state index < -0.39 is 28.5 Å². The normalized spacial score (nSPS) is 12.4. The fourth-order valence-electron chi connectivity index (χ4n) is 3.45. The van der Waals surface area contributed by atoms with Crippen molar-refractivity contribution in [2.24, 2.45) is 0 Å². The maximum atomic E-state index is 13.4. The van der Waals surface area contributed by atoms with Gasteiger partial charge in [0.2, 0.25) is 21.8 Å². The SMILES string of the molecule is CCCNC(=O)[C@H](CC)N(Cc1cccc(C)c1)C(=O)CN(C)S(=O)(=O)c1ccc(Cl)cc1. The maximum Gasteiger partial charge on any atom is 0.243 e. The first-order chi connectivity index (χ1) is 15.6. The standard InChI is InChI=1S/C24H32ClN3O4S/c1-5-14-26-24(30)22(6-2)28(16-19-9-7-8-18(3)15-19)23(29)17-27(4)33(31,32)21-12-10-20(25)11-13-21/h7-13,15,22H,5-6,14,16-17H2,1-4H3,(H,26,30)/t22-/m0/s1. The number of benzene rings is 2. The van der Waals surface area contributed by atoms with Gasteiger partial charge in [0.05, 0.1) is 11.4 Å². The molecule has 0 aliphatic heterocycles. The molecule has 33 heavy (non-hydrogen) atoms. The molecule has 180 valence electrons. The molecule has 0 aliphatic rings. The van der Waals surface area contributed by atoms with Gasteiger partial charge in [-0.25, -0.2) is 8.42 Å². The molecule has 0 spiro atoms. The van der Waals surface area contributed by atoms with E-state index in [4.69, 9.17) is 11.6 Å². The Balaban J connectivity index is 2.31. The summed E-state index contributed by atoms with van der Waals surface area (Å²) in [5.41, 5.74) is 1.90. The number of rotatable bonds is 11. The van der Waals surface area contributed by atoms with Crippen LogP contribution in [-0.2, 0) is 26.2 Å². The molecule has 1 atom stereocenters. The molecular formula is C24H32ClN3O4S. The van der Waals surface area contributed by atoms with Crippen molar-refractivity contribution in [1.29, 1.82) is 0 Å². The number of carbonyl (C=O) groups excluding carboxylic acids is 2. The number of sulfonamides is 1. The van der Waals surface area contributed by atoms with E-state index in [9.17, 15) is 18.0 Å². The predicted octanol–water partition coefficient (Wildman–Crippen LogP) is 3.60. The lowest BCUT2D eigenvalue weighted by molar-refractivity contribution is -0.141. The van der Waals surface area contributed by atoms with Gasteiger partial charge in [-0.05, 0) is 49.6 Å². The highest BCUT2D eigenvalue weighted by Gasteiger charge is 2.31. The second-order valence-electron chi connectivity index (χ2n) is 7.94. The third-order valence-electron chi connectivity index (χ3n) is 5.25. The largest absolute Gasteiger partial charge is 0.354 e. The summed E-state index contributed by atoms with van der Waals surface area (Å²) in [5, 5.41) is 3.27. The van der Waals surface area contributed by atoms with Crippen molar-refractivity contribution in [1.82, 2.24) is 14.5 Å². The Morgan fingerprint density at radius 3 is 2.33 bits per heavy atom. The molecule has 0 saturated carbocycles. The molecule has 2 rings (SSSR count). The van der Waals surface area contributed by atoms with Gasteiger partial charge in [0.15, 0.2) is 0 Å². The van der Waals surface area contributed by atoms with E-state index in [0.29, 0.717) is 18.0 Å². The second kappa shape index (κ2) is 12.2. The zero-order valence-electron chi connectivity index (χ0n) is 19.5. The van der Waals surface area contributed by atoms with Crippen LogP contribution in [0.1, 0.15) is 37.8 Å². The van der Waals surface area contributed by atoms with Gasteiger partial charge in [-0.2, -0.15) is 4.31 Å². The van der Waals surface area contributed by atoms with Crippen molar-refractivity contribution in [3.63, 3.8) is 0 Å². The van der Waals surface area contributed by atoms with E-state index in [1.54, 1.807) is 0 Å². The van der Waals surface area contributed by atoms with Crippen LogP contribution in [-0.4, -0.2) is 55.6 Å². The van der Waals surface area contributed by atoms with Crippen LogP contribution in [0, 0.1) is 6.92 Å². The van der Waals surface area contributed by atoms with Crippen LogP contribution in [0.3, 0.4) is 0 Å². The zero-order chi connectivity index (χ0) is 24.6. The van der Waals surface area contributed by atoms with Gasteiger partial charge in [-0.3, -0.25) is 9.59 Å². The monoisotopic (exact) mass is 493 g/mol.